The first-order valence-electron chi connectivity index (χ1n) is 10.00. The number of rotatable bonds is 5. The third-order valence-corrected chi connectivity index (χ3v) is 6.36. The first kappa shape index (κ1) is 21.6. The lowest BCUT2D eigenvalue weighted by Gasteiger charge is -2.22. The van der Waals surface area contributed by atoms with Crippen LogP contribution in [-0.2, 0) is 0 Å². The summed E-state index contributed by atoms with van der Waals surface area (Å²) in [5, 5.41) is 0.669. The lowest BCUT2D eigenvalue weighted by atomic mass is 9.91. The van der Waals surface area contributed by atoms with Crippen molar-refractivity contribution < 1.29 is 4.74 Å². The summed E-state index contributed by atoms with van der Waals surface area (Å²) in [7, 11) is 0. The number of hydrogen-bond donors (Lipinski definition) is 1. The normalized spacial score (nSPS) is 12.3. The third kappa shape index (κ3) is 3.77. The Morgan fingerprint density at radius 1 is 1.26 bits per heavy atom. The molecule has 4 aromatic rings. The average molecular weight is 501 g/mol. The standard InChI is InChI=1S/C23H23BrClN5O/c1-5-31-20-16(10-17(25)14(4)18(20)15-7-6-12(2)28-11-15)13(3)23-29-21(24)19-22(26)27-8-9-30(19)23/h6-11,13H,5H2,1-4H3,(H2,26,27)/t13-/m1/s1. The molecule has 0 fully saturated rings. The summed E-state index contributed by atoms with van der Waals surface area (Å²) in [4.78, 5) is 13.4. The van der Waals surface area contributed by atoms with Crippen molar-refractivity contribution in [3.05, 3.63) is 69.1 Å². The molecule has 2 N–H and O–H groups in total. The Morgan fingerprint density at radius 2 is 2.03 bits per heavy atom. The van der Waals surface area contributed by atoms with E-state index in [0.29, 0.717) is 22.1 Å². The number of imidazole rings is 1. The van der Waals surface area contributed by atoms with Gasteiger partial charge in [0.15, 0.2) is 5.82 Å². The van der Waals surface area contributed by atoms with Crippen molar-refractivity contribution in [1.82, 2.24) is 19.4 Å². The Morgan fingerprint density at radius 3 is 2.71 bits per heavy atom. The fourth-order valence-corrected chi connectivity index (χ4v) is 4.60. The predicted molar refractivity (Wildman–Crippen MR) is 128 cm³/mol. The van der Waals surface area contributed by atoms with Crippen LogP contribution in [0.3, 0.4) is 0 Å². The second-order valence-corrected chi connectivity index (χ2v) is 8.57. The second kappa shape index (κ2) is 8.48. The zero-order valence-corrected chi connectivity index (χ0v) is 20.1. The smallest absolute Gasteiger partial charge is 0.150 e. The van der Waals surface area contributed by atoms with E-state index < -0.39 is 0 Å². The fraction of sp³-hybridized carbons (Fsp3) is 0.261. The van der Waals surface area contributed by atoms with Crippen LogP contribution in [0.15, 0.2) is 41.4 Å². The van der Waals surface area contributed by atoms with Crippen molar-refractivity contribution >= 4 is 38.9 Å². The maximum atomic E-state index is 6.71. The van der Waals surface area contributed by atoms with Gasteiger partial charge in [0.05, 0.1) is 6.61 Å². The van der Waals surface area contributed by atoms with E-state index in [9.17, 15) is 0 Å². The van der Waals surface area contributed by atoms with Crippen LogP contribution in [-0.4, -0.2) is 26.0 Å². The van der Waals surface area contributed by atoms with E-state index in [4.69, 9.17) is 27.1 Å². The van der Waals surface area contributed by atoms with E-state index >= 15 is 0 Å². The maximum absolute atomic E-state index is 6.71. The molecule has 0 radical (unpaired) electrons. The van der Waals surface area contributed by atoms with Gasteiger partial charge in [-0.15, -0.1) is 0 Å². The van der Waals surface area contributed by atoms with Crippen LogP contribution in [0.2, 0.25) is 5.02 Å². The predicted octanol–water partition coefficient (Wildman–Crippen LogP) is 5.96. The highest BCUT2D eigenvalue weighted by Crippen LogP contribution is 2.44. The highest BCUT2D eigenvalue weighted by Gasteiger charge is 2.26. The molecule has 31 heavy (non-hydrogen) atoms. The molecule has 0 spiro atoms. The van der Waals surface area contributed by atoms with E-state index in [1.807, 2.05) is 55.8 Å². The van der Waals surface area contributed by atoms with Gasteiger partial charge in [-0.25, -0.2) is 9.97 Å². The Labute approximate surface area is 194 Å². The van der Waals surface area contributed by atoms with E-state index in [2.05, 4.69) is 32.8 Å². The Kier molecular flexibility index (Phi) is 5.90. The van der Waals surface area contributed by atoms with Gasteiger partial charge in [-0.1, -0.05) is 24.6 Å². The van der Waals surface area contributed by atoms with E-state index in [1.54, 1.807) is 6.20 Å². The fourth-order valence-electron chi connectivity index (χ4n) is 3.82. The Bertz CT molecular complexity index is 1270. The summed E-state index contributed by atoms with van der Waals surface area (Å²) in [5.41, 5.74) is 11.6. The summed E-state index contributed by atoms with van der Waals surface area (Å²) in [5.74, 6) is 1.89. The molecule has 0 saturated carbocycles. The number of nitrogens with two attached hydrogens (primary N) is 1. The number of pyridine rings is 1. The van der Waals surface area contributed by atoms with E-state index in [1.165, 1.54) is 0 Å². The molecule has 0 aliphatic heterocycles. The first-order chi connectivity index (χ1) is 14.8. The maximum Gasteiger partial charge on any atom is 0.150 e. The topological polar surface area (TPSA) is 78.3 Å². The van der Waals surface area contributed by atoms with Gasteiger partial charge in [-0.3, -0.25) is 9.38 Å². The van der Waals surface area contributed by atoms with Gasteiger partial charge in [-0.2, -0.15) is 0 Å². The number of nitrogen functional groups attached to an aromatic ring is 1. The van der Waals surface area contributed by atoms with Crippen molar-refractivity contribution in [2.75, 3.05) is 12.3 Å². The number of fused-ring (bicyclic) bond motifs is 1. The minimum Gasteiger partial charge on any atom is -0.493 e. The largest absolute Gasteiger partial charge is 0.493 e. The number of ether oxygens (including phenoxy) is 1. The summed E-state index contributed by atoms with van der Waals surface area (Å²) < 4.78 is 8.81. The van der Waals surface area contributed by atoms with Crippen LogP contribution >= 0.6 is 27.5 Å². The monoisotopic (exact) mass is 499 g/mol. The van der Waals surface area contributed by atoms with Crippen LogP contribution in [0.1, 0.15) is 42.4 Å². The number of anilines is 1. The molecular formula is C23H23BrClN5O. The number of halogens is 2. The lowest BCUT2D eigenvalue weighted by Crippen LogP contribution is -2.08. The number of aromatic nitrogens is 4. The number of nitrogens with zero attached hydrogens (tertiary/aromatic N) is 4. The molecule has 3 heterocycles. The Balaban J connectivity index is 1.97. The summed E-state index contributed by atoms with van der Waals surface area (Å²) in [6.45, 7) is 8.55. The molecule has 0 saturated heterocycles. The average Bonchev–Trinajstić information content (AvgIpc) is 3.09. The zero-order chi connectivity index (χ0) is 22.3. The molecule has 6 nitrogen and oxygen atoms in total. The zero-order valence-electron chi connectivity index (χ0n) is 17.8. The molecule has 8 heteroatoms. The summed E-state index contributed by atoms with van der Waals surface area (Å²) in [6.07, 6.45) is 5.39. The molecule has 0 bridgehead atoms. The van der Waals surface area contributed by atoms with Crippen LogP contribution in [0.4, 0.5) is 5.82 Å². The van der Waals surface area contributed by atoms with Crippen LogP contribution in [0.5, 0.6) is 5.75 Å². The first-order valence-corrected chi connectivity index (χ1v) is 11.2. The van der Waals surface area contributed by atoms with E-state index in [-0.39, 0.29) is 5.92 Å². The van der Waals surface area contributed by atoms with Crippen LogP contribution < -0.4 is 10.5 Å². The van der Waals surface area contributed by atoms with Crippen molar-refractivity contribution in [1.29, 1.82) is 0 Å². The van der Waals surface area contributed by atoms with Crippen molar-refractivity contribution in [2.24, 2.45) is 0 Å². The van der Waals surface area contributed by atoms with Crippen molar-refractivity contribution in [3.8, 4) is 16.9 Å². The summed E-state index contributed by atoms with van der Waals surface area (Å²) in [6, 6.07) is 6.01. The SMILES string of the molecule is CCOc1c([C@@H](C)c2nc(Br)c3c(N)nccn23)cc(Cl)c(C)c1-c1ccc(C)nc1. The van der Waals surface area contributed by atoms with Crippen molar-refractivity contribution in [2.45, 2.75) is 33.6 Å². The van der Waals surface area contributed by atoms with Gasteiger partial charge in [-0.05, 0) is 54.4 Å². The van der Waals surface area contributed by atoms with Gasteiger partial charge in [0, 0.05) is 51.9 Å². The van der Waals surface area contributed by atoms with Gasteiger partial charge in [0.25, 0.3) is 0 Å². The van der Waals surface area contributed by atoms with Crippen LogP contribution in [0.25, 0.3) is 16.6 Å². The minimum absolute atomic E-state index is 0.127. The molecule has 3 aromatic heterocycles. The quantitative estimate of drug-likeness (QED) is 0.366. The molecule has 0 aliphatic rings. The van der Waals surface area contributed by atoms with Gasteiger partial charge < -0.3 is 10.5 Å². The molecular weight excluding hydrogens is 478 g/mol. The van der Waals surface area contributed by atoms with E-state index in [0.717, 1.165) is 45.0 Å². The molecule has 1 aromatic carbocycles. The van der Waals surface area contributed by atoms with Gasteiger partial charge in [0.1, 0.15) is 21.7 Å². The highest BCUT2D eigenvalue weighted by atomic mass is 79.9. The van der Waals surface area contributed by atoms with Crippen LogP contribution in [0, 0.1) is 13.8 Å². The highest BCUT2D eigenvalue weighted by molar-refractivity contribution is 9.10. The molecule has 4 rings (SSSR count). The molecule has 160 valence electrons. The molecule has 0 amide bonds. The molecule has 1 atom stereocenters. The molecule has 0 unspecified atom stereocenters. The lowest BCUT2D eigenvalue weighted by molar-refractivity contribution is 0.336. The number of benzene rings is 1. The number of aryl methyl sites for hydroxylation is 1. The summed E-state index contributed by atoms with van der Waals surface area (Å²) >= 11 is 10.2. The van der Waals surface area contributed by atoms with Gasteiger partial charge in [0.2, 0.25) is 0 Å². The Hall–Kier alpha value is -2.64. The van der Waals surface area contributed by atoms with Crippen molar-refractivity contribution in [3.63, 3.8) is 0 Å². The second-order valence-electron chi connectivity index (χ2n) is 7.41. The third-order valence-electron chi connectivity index (χ3n) is 5.42. The molecule has 0 aliphatic carbocycles. The minimum atomic E-state index is -0.127. The van der Waals surface area contributed by atoms with Gasteiger partial charge >= 0.3 is 0 Å². The number of hydrogen-bond acceptors (Lipinski definition) is 5.